The van der Waals surface area contributed by atoms with Gasteiger partial charge in [0.25, 0.3) is 0 Å². The van der Waals surface area contributed by atoms with E-state index in [4.69, 9.17) is 4.74 Å². The molecule has 2 aliphatic heterocycles. The van der Waals surface area contributed by atoms with Crippen molar-refractivity contribution in [3.05, 3.63) is 42.7 Å². The molecule has 136 valence electrons. The van der Waals surface area contributed by atoms with Crippen LogP contribution in [0.15, 0.2) is 42.7 Å². The Hall–Kier alpha value is -2.67. The smallest absolute Gasteiger partial charge is 0.229 e. The normalized spacial score (nSPS) is 21.2. The van der Waals surface area contributed by atoms with E-state index in [1.54, 1.807) is 11.1 Å². The highest BCUT2D eigenvalue weighted by molar-refractivity contribution is 6.03. The Labute approximate surface area is 151 Å². The summed E-state index contributed by atoms with van der Waals surface area (Å²) in [5.74, 6) is -0.508. The first-order valence-corrected chi connectivity index (χ1v) is 8.99. The van der Waals surface area contributed by atoms with E-state index in [9.17, 15) is 9.59 Å². The number of para-hydroxylation sites is 1. The maximum atomic E-state index is 12.6. The van der Waals surface area contributed by atoms with Gasteiger partial charge in [-0.1, -0.05) is 18.2 Å². The highest BCUT2D eigenvalue weighted by atomic mass is 16.5. The molecule has 26 heavy (non-hydrogen) atoms. The maximum absolute atomic E-state index is 12.6. The van der Waals surface area contributed by atoms with Gasteiger partial charge in [0.2, 0.25) is 11.8 Å². The molecule has 7 nitrogen and oxygen atoms in total. The monoisotopic (exact) mass is 354 g/mol. The number of benzene rings is 1. The number of hydrogen-bond acceptors (Lipinski definition) is 4. The minimum Gasteiger partial charge on any atom is -0.381 e. The van der Waals surface area contributed by atoms with Crippen LogP contribution in [-0.2, 0) is 14.3 Å². The number of carbonyl (C=O) groups excluding carboxylic acids is 2. The van der Waals surface area contributed by atoms with Crippen LogP contribution >= 0.6 is 0 Å². The van der Waals surface area contributed by atoms with E-state index in [2.05, 4.69) is 10.4 Å². The van der Waals surface area contributed by atoms with Crippen molar-refractivity contribution in [1.29, 1.82) is 0 Å². The van der Waals surface area contributed by atoms with Gasteiger partial charge in [0.15, 0.2) is 0 Å². The highest BCUT2D eigenvalue weighted by Gasteiger charge is 2.35. The lowest BCUT2D eigenvalue weighted by atomic mass is 10.1. The molecule has 0 radical (unpaired) electrons. The van der Waals surface area contributed by atoms with Gasteiger partial charge < -0.3 is 15.0 Å². The predicted octanol–water partition coefficient (Wildman–Crippen LogP) is 2.23. The van der Waals surface area contributed by atoms with Gasteiger partial charge in [0.1, 0.15) is 0 Å². The fraction of sp³-hybridized carbons (Fsp3) is 0.421. The zero-order valence-corrected chi connectivity index (χ0v) is 14.5. The van der Waals surface area contributed by atoms with Crippen LogP contribution in [0.5, 0.6) is 0 Å². The summed E-state index contributed by atoms with van der Waals surface area (Å²) in [5, 5.41) is 7.27. The molecule has 2 aliphatic rings. The second-order valence-corrected chi connectivity index (χ2v) is 6.78. The van der Waals surface area contributed by atoms with E-state index in [1.807, 2.05) is 41.2 Å². The quantitative estimate of drug-likeness (QED) is 0.913. The van der Waals surface area contributed by atoms with E-state index in [1.165, 1.54) is 0 Å². The first-order valence-electron chi connectivity index (χ1n) is 8.99. The number of hydrogen-bond donors (Lipinski definition) is 1. The zero-order chi connectivity index (χ0) is 17.9. The molecule has 0 saturated carbocycles. The molecule has 7 heteroatoms. The van der Waals surface area contributed by atoms with Crippen molar-refractivity contribution in [3.8, 4) is 0 Å². The van der Waals surface area contributed by atoms with Crippen molar-refractivity contribution in [3.63, 3.8) is 0 Å². The van der Waals surface area contributed by atoms with Gasteiger partial charge in [-0.3, -0.25) is 14.3 Å². The first-order chi connectivity index (χ1) is 12.7. The number of carbonyl (C=O) groups is 2. The molecule has 2 aromatic rings. The largest absolute Gasteiger partial charge is 0.381 e. The standard InChI is InChI=1S/C19H22N4O3/c24-18-10-14(12-22(18)16-4-2-1-3-5-16)19(25)21-15-11-20-23(13-15)17-6-8-26-9-7-17/h1-5,11,13-14,17H,6-10,12H2,(H,21,25). The van der Waals surface area contributed by atoms with E-state index >= 15 is 0 Å². The summed E-state index contributed by atoms with van der Waals surface area (Å²) in [5.41, 5.74) is 1.51. The van der Waals surface area contributed by atoms with Crippen LogP contribution in [0.1, 0.15) is 25.3 Å². The second kappa shape index (κ2) is 7.29. The molecular weight excluding hydrogens is 332 g/mol. The predicted molar refractivity (Wildman–Crippen MR) is 96.8 cm³/mol. The Morgan fingerprint density at radius 2 is 1.96 bits per heavy atom. The molecule has 2 fully saturated rings. The van der Waals surface area contributed by atoms with Gasteiger partial charge in [-0.2, -0.15) is 5.10 Å². The SMILES string of the molecule is O=C(Nc1cnn(C2CCOCC2)c1)C1CC(=O)N(c2ccccc2)C1. The van der Waals surface area contributed by atoms with Crippen LogP contribution in [0.2, 0.25) is 0 Å². The van der Waals surface area contributed by atoms with Crippen LogP contribution < -0.4 is 10.2 Å². The highest BCUT2D eigenvalue weighted by Crippen LogP contribution is 2.26. The van der Waals surface area contributed by atoms with Crippen LogP contribution in [0.4, 0.5) is 11.4 Å². The molecule has 0 spiro atoms. The number of ether oxygens (including phenoxy) is 1. The van der Waals surface area contributed by atoms with Crippen molar-refractivity contribution in [2.45, 2.75) is 25.3 Å². The molecule has 2 saturated heterocycles. The Morgan fingerprint density at radius 3 is 2.73 bits per heavy atom. The van der Waals surface area contributed by atoms with E-state index in [0.29, 0.717) is 18.3 Å². The average Bonchev–Trinajstić information content (AvgIpc) is 3.30. The van der Waals surface area contributed by atoms with Crippen molar-refractivity contribution >= 4 is 23.2 Å². The molecular formula is C19H22N4O3. The van der Waals surface area contributed by atoms with Crippen LogP contribution in [-0.4, -0.2) is 41.4 Å². The first kappa shape index (κ1) is 16.8. The number of nitrogens with zero attached hydrogens (tertiary/aromatic N) is 3. The van der Waals surface area contributed by atoms with Gasteiger partial charge in [-0.15, -0.1) is 0 Å². The summed E-state index contributed by atoms with van der Waals surface area (Å²) in [6.07, 6.45) is 5.62. The second-order valence-electron chi connectivity index (χ2n) is 6.78. The van der Waals surface area contributed by atoms with Crippen LogP contribution in [0, 0.1) is 5.92 Å². The Bertz CT molecular complexity index is 783. The lowest BCUT2D eigenvalue weighted by Crippen LogP contribution is -2.28. The number of aromatic nitrogens is 2. The van der Waals surface area contributed by atoms with Gasteiger partial charge >= 0.3 is 0 Å². The van der Waals surface area contributed by atoms with Crippen molar-refractivity contribution < 1.29 is 14.3 Å². The molecule has 0 bridgehead atoms. The third-order valence-corrected chi connectivity index (χ3v) is 5.00. The van der Waals surface area contributed by atoms with Gasteiger partial charge in [0, 0.05) is 38.1 Å². The Kier molecular flexibility index (Phi) is 4.71. The summed E-state index contributed by atoms with van der Waals surface area (Å²) in [6.45, 7) is 1.89. The topological polar surface area (TPSA) is 76.5 Å². The van der Waals surface area contributed by atoms with Gasteiger partial charge in [-0.25, -0.2) is 0 Å². The molecule has 1 aromatic heterocycles. The molecule has 1 N–H and O–H groups in total. The molecule has 4 rings (SSSR count). The summed E-state index contributed by atoms with van der Waals surface area (Å²) < 4.78 is 7.27. The Balaban J connectivity index is 1.38. The lowest BCUT2D eigenvalue weighted by molar-refractivity contribution is -0.122. The Morgan fingerprint density at radius 1 is 1.19 bits per heavy atom. The summed E-state index contributed by atoms with van der Waals surface area (Å²) in [4.78, 5) is 26.5. The fourth-order valence-electron chi connectivity index (χ4n) is 3.54. The molecule has 1 unspecified atom stereocenters. The van der Waals surface area contributed by atoms with Crippen LogP contribution in [0.25, 0.3) is 0 Å². The minimum absolute atomic E-state index is 0.0192. The fourth-order valence-corrected chi connectivity index (χ4v) is 3.54. The average molecular weight is 354 g/mol. The molecule has 0 aliphatic carbocycles. The van der Waals surface area contributed by atoms with E-state index in [-0.39, 0.29) is 24.2 Å². The van der Waals surface area contributed by atoms with Gasteiger partial charge in [0.05, 0.1) is 23.8 Å². The van der Waals surface area contributed by atoms with Crippen LogP contribution in [0.3, 0.4) is 0 Å². The lowest BCUT2D eigenvalue weighted by Gasteiger charge is -2.22. The molecule has 1 atom stereocenters. The maximum Gasteiger partial charge on any atom is 0.229 e. The molecule has 1 aromatic carbocycles. The number of nitrogens with one attached hydrogen (secondary N) is 1. The van der Waals surface area contributed by atoms with Gasteiger partial charge in [-0.05, 0) is 25.0 Å². The molecule has 3 heterocycles. The van der Waals surface area contributed by atoms with Crippen molar-refractivity contribution in [2.75, 3.05) is 30.0 Å². The van der Waals surface area contributed by atoms with E-state index < -0.39 is 0 Å². The molecule has 2 amide bonds. The third kappa shape index (κ3) is 3.48. The summed E-state index contributed by atoms with van der Waals surface area (Å²) in [7, 11) is 0. The third-order valence-electron chi connectivity index (χ3n) is 5.00. The zero-order valence-electron chi connectivity index (χ0n) is 14.5. The summed E-state index contributed by atoms with van der Waals surface area (Å²) in [6, 6.07) is 9.77. The number of anilines is 2. The summed E-state index contributed by atoms with van der Waals surface area (Å²) >= 11 is 0. The van der Waals surface area contributed by atoms with Crippen molar-refractivity contribution in [2.24, 2.45) is 5.92 Å². The number of rotatable bonds is 4. The number of amides is 2. The van der Waals surface area contributed by atoms with E-state index in [0.717, 1.165) is 31.7 Å². The minimum atomic E-state index is -0.353. The van der Waals surface area contributed by atoms with Crippen molar-refractivity contribution in [1.82, 2.24) is 9.78 Å².